The van der Waals surface area contributed by atoms with Gasteiger partial charge in [0.2, 0.25) is 0 Å². The number of anilines is 1. The number of aromatic nitrogens is 7. The van der Waals surface area contributed by atoms with E-state index in [2.05, 4.69) is 339 Å². The third kappa shape index (κ3) is 16.2. The summed E-state index contributed by atoms with van der Waals surface area (Å²) in [6.07, 6.45) is 22.5. The van der Waals surface area contributed by atoms with Crippen LogP contribution < -0.4 is 11.3 Å². The summed E-state index contributed by atoms with van der Waals surface area (Å²) in [6, 6.07) is 51.6. The molecule has 4 atom stereocenters. The molecule has 4 aliphatic rings. The molecule has 0 bridgehead atoms. The first-order valence-corrected chi connectivity index (χ1v) is 40.0. The minimum absolute atomic E-state index is 0.0214. The molecule has 0 radical (unpaired) electrons. The molecule has 4 unspecified atom stereocenters. The van der Waals surface area contributed by atoms with Gasteiger partial charge in [-0.15, -0.1) is 0 Å². The van der Waals surface area contributed by atoms with Gasteiger partial charge in [-0.05, 0) is 212 Å². The molecule has 0 spiro atoms. The Morgan fingerprint density at radius 1 is 0.391 bits per heavy atom. The number of hydrogen-bond donors (Lipinski definition) is 2. The number of aryl methyl sites for hydroxylation is 8. The second kappa shape index (κ2) is 33.3. The zero-order valence-corrected chi connectivity index (χ0v) is 69.1. The minimum atomic E-state index is -0.0214. The van der Waals surface area contributed by atoms with Crippen LogP contribution in [0.2, 0.25) is 0 Å². The van der Waals surface area contributed by atoms with Crippen LogP contribution in [0.15, 0.2) is 187 Å². The Morgan fingerprint density at radius 2 is 0.845 bits per heavy atom. The summed E-state index contributed by atoms with van der Waals surface area (Å²) in [7, 11) is 0. The molecule has 0 fully saturated rings. The Hall–Kier alpha value is -10.6. The van der Waals surface area contributed by atoms with Crippen LogP contribution in [0.1, 0.15) is 245 Å². The van der Waals surface area contributed by atoms with Crippen molar-refractivity contribution >= 4 is 100 Å². The average molecular weight is 1460 g/mol. The summed E-state index contributed by atoms with van der Waals surface area (Å²) < 4.78 is 2.05. The monoisotopic (exact) mass is 1450 g/mol. The van der Waals surface area contributed by atoms with E-state index in [0.29, 0.717) is 76.7 Å². The van der Waals surface area contributed by atoms with Gasteiger partial charge < -0.3 is 10.7 Å². The van der Waals surface area contributed by atoms with Crippen LogP contribution in [-0.2, 0) is 0 Å². The van der Waals surface area contributed by atoms with Crippen molar-refractivity contribution < 1.29 is 0 Å². The van der Waals surface area contributed by atoms with Crippen LogP contribution in [0.5, 0.6) is 0 Å². The maximum absolute atomic E-state index is 11.6. The number of nitrogens with zero attached hydrogens (tertiary/aromatic N) is 6. The van der Waals surface area contributed by atoms with E-state index >= 15 is 0 Å². The van der Waals surface area contributed by atoms with Crippen molar-refractivity contribution in [1.29, 1.82) is 0 Å². The number of nitrogens with two attached hydrogens (primary N) is 1. The van der Waals surface area contributed by atoms with E-state index in [1.54, 1.807) is 0 Å². The normalized spacial score (nSPS) is 15.5. The van der Waals surface area contributed by atoms with Crippen LogP contribution in [0.3, 0.4) is 0 Å². The van der Waals surface area contributed by atoms with E-state index in [1.807, 2.05) is 42.8 Å². The third-order valence-corrected chi connectivity index (χ3v) is 22.7. The van der Waals surface area contributed by atoms with Crippen molar-refractivity contribution in [3.05, 3.63) is 300 Å². The third-order valence-electron chi connectivity index (χ3n) is 22.7. The van der Waals surface area contributed by atoms with Gasteiger partial charge in [0.05, 0.1) is 22.6 Å². The fourth-order valence-electron chi connectivity index (χ4n) is 17.0. The van der Waals surface area contributed by atoms with Crippen LogP contribution >= 0.6 is 0 Å². The molecule has 10 aromatic carbocycles. The number of rotatable bonds is 7. The number of benzene rings is 10. The van der Waals surface area contributed by atoms with Gasteiger partial charge >= 0.3 is 0 Å². The standard InChI is InChI=1S/C20H18.C18H18.C15H18.C14H18.C13H15N3.C11H14N2O.C10H13N3/c1-12(2)16-10-9-15-8-7-14-5-4-6-17-13(3)11-18(16)20(15)19(14)17;1-12(2)14-9-6-10-17-16-8-5-4-7-15(16)13(3)11-18(14)17;1-10(2)13-6-5-7-14-12(4)8-11(3)9-15(13)14;1-9(2)12-5-6-13-11(4)7-10(3)8-14(12)13;1-8(2)10-4-5-11-12(10)15-9(3)16-7-6-14-13(11)16;1-6(2)8-4-5-9-10(8)12-7(3)13-11(9)14;1-6(2)7-3-4-8-9(7)12-5-13-10(8)11/h4-12H,1-3H3;4-12H,1-3H3;5-10H,1-4H3;5-9,12H,1-4H3;4-8,10H,1-3H3;4-6,8H,1-3H3,(H,12,13,14);3-7H,1-2H3,(H2,11,12,13). The molecule has 564 valence electrons. The Kier molecular flexibility index (Phi) is 23.9. The molecule has 9 nitrogen and oxygen atoms in total. The highest BCUT2D eigenvalue weighted by atomic mass is 16.1. The fourth-order valence-corrected chi connectivity index (χ4v) is 17.0. The molecule has 0 saturated heterocycles. The number of nitrogen functional groups attached to an aromatic ring is 1. The lowest BCUT2D eigenvalue weighted by Crippen LogP contribution is -2.16. The minimum Gasteiger partial charge on any atom is -0.383 e. The smallest absolute Gasteiger partial charge is 0.258 e. The molecule has 4 aliphatic carbocycles. The number of aromatic amines is 1. The molecule has 3 N–H and O–H groups in total. The first-order valence-electron chi connectivity index (χ1n) is 40.0. The maximum Gasteiger partial charge on any atom is 0.258 e. The van der Waals surface area contributed by atoms with E-state index in [4.69, 9.17) is 10.7 Å². The maximum atomic E-state index is 11.6. The Balaban J connectivity index is 0.000000120. The Bertz CT molecular complexity index is 5910. The number of H-pyrrole nitrogens is 1. The van der Waals surface area contributed by atoms with Crippen molar-refractivity contribution in [2.45, 2.75) is 194 Å². The van der Waals surface area contributed by atoms with Gasteiger partial charge in [-0.1, -0.05) is 296 Å². The van der Waals surface area contributed by atoms with Gasteiger partial charge in [-0.3, -0.25) is 9.20 Å². The van der Waals surface area contributed by atoms with Crippen molar-refractivity contribution in [2.24, 2.45) is 23.7 Å². The summed E-state index contributed by atoms with van der Waals surface area (Å²) >= 11 is 0. The van der Waals surface area contributed by atoms with Gasteiger partial charge in [-0.25, -0.2) is 24.9 Å². The lowest BCUT2D eigenvalue weighted by atomic mass is 9.87. The molecule has 0 saturated carbocycles. The SMILES string of the molecule is CC(C)C1C=Cc2c(N)ncnc21.Cc1cc(C)c2c(c1)C(C(C)C)C=C2.Cc1cc(C)c2cccc(C(C)C)c2c1.Cc1cc2c(C(C)C)ccc3ccc4cccc1c4c32.Cc1cc2c(C(C)C)cccc2c2ccccc12.Cc1nc2c(c(=O)[nH]1)C=CC2C(C)C.Cc1nc2c(c3nccn13)C=CC2C(C)C. The molecular formula is C101H114N8O. The van der Waals surface area contributed by atoms with Crippen LogP contribution in [-0.4, -0.2) is 34.3 Å². The lowest BCUT2D eigenvalue weighted by molar-refractivity contribution is 0.569. The van der Waals surface area contributed by atoms with Crippen molar-refractivity contribution in [1.82, 2.24) is 34.3 Å². The van der Waals surface area contributed by atoms with Crippen molar-refractivity contribution in [3.63, 3.8) is 0 Å². The van der Waals surface area contributed by atoms with Crippen LogP contribution in [0, 0.1) is 79.1 Å². The first-order chi connectivity index (χ1) is 52.5. The molecule has 110 heavy (non-hydrogen) atoms. The van der Waals surface area contributed by atoms with Gasteiger partial charge in [-0.2, -0.15) is 0 Å². The summed E-state index contributed by atoms with van der Waals surface area (Å²) in [5, 5.41) is 16.7. The highest BCUT2D eigenvalue weighted by Crippen LogP contribution is 2.43. The molecule has 18 rings (SSSR count). The largest absolute Gasteiger partial charge is 0.383 e. The van der Waals surface area contributed by atoms with Gasteiger partial charge in [0.25, 0.3) is 5.56 Å². The number of nitrogens with one attached hydrogen (secondary N) is 1. The summed E-state index contributed by atoms with van der Waals surface area (Å²) in [6.45, 7) is 48.3. The second-order valence-electron chi connectivity index (χ2n) is 33.3. The number of hydrogen-bond acceptors (Lipinski definition) is 7. The van der Waals surface area contributed by atoms with E-state index in [9.17, 15) is 4.79 Å². The Labute approximate surface area is 653 Å². The molecule has 0 aliphatic heterocycles. The van der Waals surface area contributed by atoms with Gasteiger partial charge in [0.1, 0.15) is 29.4 Å². The second-order valence-corrected chi connectivity index (χ2v) is 33.3. The number of imidazole rings is 1. The predicted molar refractivity (Wildman–Crippen MR) is 473 cm³/mol. The molecule has 9 heteroatoms. The van der Waals surface area contributed by atoms with Gasteiger partial charge in [0, 0.05) is 47.2 Å². The average Bonchev–Trinajstić information content (AvgIpc) is 1.10. The summed E-state index contributed by atoms with van der Waals surface area (Å²) in [5.74, 6) is 8.12. The quantitative estimate of drug-likeness (QED) is 0.152. The summed E-state index contributed by atoms with van der Waals surface area (Å²) in [4.78, 5) is 36.0. The van der Waals surface area contributed by atoms with Gasteiger partial charge in [0.15, 0.2) is 0 Å². The van der Waals surface area contributed by atoms with Crippen molar-refractivity contribution in [3.8, 4) is 0 Å². The summed E-state index contributed by atoms with van der Waals surface area (Å²) in [5.41, 5.74) is 28.5. The zero-order chi connectivity index (χ0) is 78.8. The first kappa shape index (κ1) is 78.9. The number of fused-ring (bicyclic) bond motifs is 10. The van der Waals surface area contributed by atoms with E-state index in [-0.39, 0.29) is 5.56 Å². The van der Waals surface area contributed by atoms with Crippen LogP contribution in [0.4, 0.5) is 5.82 Å². The van der Waals surface area contributed by atoms with Crippen molar-refractivity contribution in [2.75, 3.05) is 5.73 Å². The van der Waals surface area contributed by atoms with E-state index < -0.39 is 0 Å². The molecule has 0 amide bonds. The fraction of sp³-hybridized carbons (Fsp3) is 0.327. The zero-order valence-electron chi connectivity index (χ0n) is 69.1. The highest BCUT2D eigenvalue weighted by molar-refractivity contribution is 6.24. The molecule has 14 aromatic rings. The molecule has 4 aromatic heterocycles. The van der Waals surface area contributed by atoms with E-state index in [0.717, 1.165) is 34.0 Å². The number of allylic oxidation sites excluding steroid dienone is 4. The van der Waals surface area contributed by atoms with Crippen LogP contribution in [0.25, 0.3) is 94.6 Å². The Morgan fingerprint density at radius 3 is 1.49 bits per heavy atom. The van der Waals surface area contributed by atoms with E-state index in [1.165, 1.54) is 143 Å². The lowest BCUT2D eigenvalue weighted by Gasteiger charge is -2.17. The highest BCUT2D eigenvalue weighted by Gasteiger charge is 2.28. The topological polar surface area (TPSA) is 128 Å². The predicted octanol–water partition coefficient (Wildman–Crippen LogP) is 26.6. The molecule has 4 heterocycles. The molecular weight excluding hydrogens is 1340 g/mol.